The van der Waals surface area contributed by atoms with Gasteiger partial charge in [-0.15, -0.1) is 0 Å². The average Bonchev–Trinajstić information content (AvgIpc) is 3.07. The van der Waals surface area contributed by atoms with E-state index in [2.05, 4.69) is 109 Å². The van der Waals surface area contributed by atoms with Gasteiger partial charge >= 0.3 is 0 Å². The van der Waals surface area contributed by atoms with Crippen LogP contribution in [0.1, 0.15) is 89.0 Å². The van der Waals surface area contributed by atoms with E-state index in [1.807, 2.05) is 6.07 Å². The first-order chi connectivity index (χ1) is 21.2. The number of ether oxygens (including phenoxy) is 2. The SMILES string of the molecule is COc1ccc(CN2[C@H](c3ccccc3)c3c(C)ccc4ccc(C5CCCCC5)c(c34)[C@@H]2c2ccccc2)c(OC)c1. The molecule has 1 heterocycles. The van der Waals surface area contributed by atoms with Crippen LogP contribution in [0.3, 0.4) is 0 Å². The van der Waals surface area contributed by atoms with Crippen LogP contribution >= 0.6 is 0 Å². The Bertz CT molecular complexity index is 1720. The van der Waals surface area contributed by atoms with Gasteiger partial charge in [0.05, 0.1) is 26.3 Å². The first kappa shape index (κ1) is 27.7. The fraction of sp³-hybridized carbons (Fsp3) is 0.300. The lowest BCUT2D eigenvalue weighted by Crippen LogP contribution is -2.38. The van der Waals surface area contributed by atoms with E-state index in [-0.39, 0.29) is 12.1 Å². The van der Waals surface area contributed by atoms with E-state index in [1.165, 1.54) is 70.7 Å². The summed E-state index contributed by atoms with van der Waals surface area (Å²) in [7, 11) is 3.47. The second-order valence-electron chi connectivity index (χ2n) is 12.3. The molecule has 3 heteroatoms. The van der Waals surface area contributed by atoms with Gasteiger partial charge in [0.25, 0.3) is 0 Å². The summed E-state index contributed by atoms with van der Waals surface area (Å²) >= 11 is 0. The molecular formula is C40H41NO2. The molecule has 218 valence electrons. The molecule has 0 radical (unpaired) electrons. The maximum absolute atomic E-state index is 5.97. The lowest BCUT2D eigenvalue weighted by atomic mass is 9.73. The van der Waals surface area contributed by atoms with Gasteiger partial charge in [-0.25, -0.2) is 0 Å². The van der Waals surface area contributed by atoms with Gasteiger partial charge in [-0.1, -0.05) is 110 Å². The third-order valence-corrected chi connectivity index (χ3v) is 9.85. The Balaban J connectivity index is 1.55. The van der Waals surface area contributed by atoms with Crippen LogP contribution in [0.2, 0.25) is 0 Å². The van der Waals surface area contributed by atoms with Crippen molar-refractivity contribution in [3.8, 4) is 11.5 Å². The van der Waals surface area contributed by atoms with Crippen molar-refractivity contribution in [1.82, 2.24) is 4.90 Å². The van der Waals surface area contributed by atoms with Gasteiger partial charge in [-0.2, -0.15) is 0 Å². The van der Waals surface area contributed by atoms with Crippen molar-refractivity contribution in [2.75, 3.05) is 14.2 Å². The van der Waals surface area contributed by atoms with Crippen molar-refractivity contribution in [2.45, 2.75) is 63.6 Å². The lowest BCUT2D eigenvalue weighted by molar-refractivity contribution is 0.162. The van der Waals surface area contributed by atoms with Crippen LogP contribution in [0, 0.1) is 6.92 Å². The van der Waals surface area contributed by atoms with E-state index in [9.17, 15) is 0 Å². The zero-order chi connectivity index (χ0) is 29.3. The maximum atomic E-state index is 5.97. The minimum Gasteiger partial charge on any atom is -0.497 e. The zero-order valence-electron chi connectivity index (χ0n) is 25.6. The van der Waals surface area contributed by atoms with Crippen molar-refractivity contribution in [3.05, 3.63) is 142 Å². The third-order valence-electron chi connectivity index (χ3n) is 9.85. The number of hydrogen-bond acceptors (Lipinski definition) is 3. The lowest BCUT2D eigenvalue weighted by Gasteiger charge is -2.46. The van der Waals surface area contributed by atoms with Crippen molar-refractivity contribution in [2.24, 2.45) is 0 Å². The number of rotatable bonds is 7. The molecule has 0 spiro atoms. The molecule has 1 saturated carbocycles. The topological polar surface area (TPSA) is 21.7 Å². The highest BCUT2D eigenvalue weighted by molar-refractivity contribution is 5.93. The fourth-order valence-corrected chi connectivity index (χ4v) is 7.84. The van der Waals surface area contributed by atoms with Gasteiger partial charge < -0.3 is 9.47 Å². The summed E-state index contributed by atoms with van der Waals surface area (Å²) in [6, 6.07) is 38.3. The first-order valence-corrected chi connectivity index (χ1v) is 15.8. The largest absolute Gasteiger partial charge is 0.497 e. The summed E-state index contributed by atoms with van der Waals surface area (Å²) in [6.07, 6.45) is 6.53. The molecule has 0 saturated heterocycles. The van der Waals surface area contributed by atoms with Crippen LogP contribution in [0.4, 0.5) is 0 Å². The number of aryl methyl sites for hydroxylation is 1. The molecule has 2 atom stereocenters. The molecule has 7 rings (SSSR count). The predicted octanol–water partition coefficient (Wildman–Crippen LogP) is 9.91. The second-order valence-corrected chi connectivity index (χ2v) is 12.3. The van der Waals surface area contributed by atoms with Crippen LogP contribution in [-0.2, 0) is 6.54 Å². The molecule has 0 N–H and O–H groups in total. The van der Waals surface area contributed by atoms with E-state index in [0.29, 0.717) is 5.92 Å². The molecule has 0 unspecified atom stereocenters. The van der Waals surface area contributed by atoms with Crippen molar-refractivity contribution >= 4 is 10.8 Å². The Morgan fingerprint density at radius 1 is 0.674 bits per heavy atom. The highest BCUT2D eigenvalue weighted by Crippen LogP contribution is 2.53. The van der Waals surface area contributed by atoms with Crippen LogP contribution < -0.4 is 9.47 Å². The van der Waals surface area contributed by atoms with E-state index in [4.69, 9.17) is 9.47 Å². The Morgan fingerprint density at radius 2 is 1.33 bits per heavy atom. The predicted molar refractivity (Wildman–Crippen MR) is 176 cm³/mol. The third kappa shape index (κ3) is 5.00. The molecule has 3 nitrogen and oxygen atoms in total. The van der Waals surface area contributed by atoms with Gasteiger partial charge in [0.1, 0.15) is 11.5 Å². The summed E-state index contributed by atoms with van der Waals surface area (Å²) in [5, 5.41) is 2.81. The molecule has 2 aliphatic rings. The highest BCUT2D eigenvalue weighted by atomic mass is 16.5. The van der Waals surface area contributed by atoms with E-state index in [1.54, 1.807) is 19.8 Å². The van der Waals surface area contributed by atoms with Gasteiger partial charge in [0.2, 0.25) is 0 Å². The number of benzene rings is 5. The van der Waals surface area contributed by atoms with E-state index < -0.39 is 0 Å². The Kier molecular flexibility index (Phi) is 7.67. The number of nitrogens with zero attached hydrogens (tertiary/aromatic N) is 1. The molecule has 0 amide bonds. The summed E-state index contributed by atoms with van der Waals surface area (Å²) in [5.41, 5.74) is 9.67. The molecule has 1 aliphatic carbocycles. The average molecular weight is 568 g/mol. The molecule has 1 aliphatic heterocycles. The standard InChI is InChI=1S/C40H41NO2/c1-27-19-20-29-22-24-34(28-13-7-4-8-14-28)38-37(29)36(27)39(30-15-9-5-10-16-30)41(40(38)31-17-11-6-12-18-31)26-32-21-23-33(42-2)25-35(32)43-3/h5-6,9-12,15-25,28,39-40H,4,7-8,13-14,26H2,1-3H3/t39-,40+/m1/s1. The summed E-state index contributed by atoms with van der Waals surface area (Å²) < 4.78 is 11.5. The molecule has 5 aromatic rings. The molecule has 43 heavy (non-hydrogen) atoms. The first-order valence-electron chi connectivity index (χ1n) is 15.8. The van der Waals surface area contributed by atoms with Crippen LogP contribution in [-0.4, -0.2) is 19.1 Å². The Morgan fingerprint density at radius 3 is 1.98 bits per heavy atom. The van der Waals surface area contributed by atoms with Crippen LogP contribution in [0.25, 0.3) is 10.8 Å². The van der Waals surface area contributed by atoms with Gasteiger partial charge in [-0.05, 0) is 75.9 Å². The van der Waals surface area contributed by atoms with E-state index >= 15 is 0 Å². The number of methoxy groups -OCH3 is 2. The van der Waals surface area contributed by atoms with E-state index in [0.717, 1.165) is 23.6 Å². The summed E-state index contributed by atoms with van der Waals surface area (Å²) in [4.78, 5) is 2.74. The molecule has 1 fully saturated rings. The smallest absolute Gasteiger partial charge is 0.127 e. The Labute approximate surface area is 256 Å². The van der Waals surface area contributed by atoms with Crippen molar-refractivity contribution in [3.63, 3.8) is 0 Å². The molecule has 0 bridgehead atoms. The minimum absolute atomic E-state index is 0.0796. The maximum Gasteiger partial charge on any atom is 0.127 e. The minimum atomic E-state index is 0.0796. The molecule has 5 aromatic carbocycles. The zero-order valence-corrected chi connectivity index (χ0v) is 25.6. The van der Waals surface area contributed by atoms with Gasteiger partial charge in [-0.3, -0.25) is 4.90 Å². The normalized spacial score (nSPS) is 19.0. The quantitative estimate of drug-likeness (QED) is 0.195. The Hall–Kier alpha value is -4.08. The van der Waals surface area contributed by atoms with Crippen LogP contribution in [0.5, 0.6) is 11.5 Å². The number of hydrogen-bond donors (Lipinski definition) is 0. The summed E-state index contributed by atoms with van der Waals surface area (Å²) in [5.74, 6) is 2.27. The summed E-state index contributed by atoms with van der Waals surface area (Å²) in [6.45, 7) is 3.04. The van der Waals surface area contributed by atoms with Gasteiger partial charge in [0.15, 0.2) is 0 Å². The van der Waals surface area contributed by atoms with Crippen molar-refractivity contribution in [1.29, 1.82) is 0 Å². The highest BCUT2D eigenvalue weighted by Gasteiger charge is 2.41. The second kappa shape index (κ2) is 11.9. The van der Waals surface area contributed by atoms with Crippen molar-refractivity contribution < 1.29 is 9.47 Å². The molecule has 0 aromatic heterocycles. The molecular weight excluding hydrogens is 526 g/mol. The monoisotopic (exact) mass is 567 g/mol. The van der Waals surface area contributed by atoms with Gasteiger partial charge in [0, 0.05) is 18.2 Å². The van der Waals surface area contributed by atoms with Crippen LogP contribution in [0.15, 0.2) is 103 Å². The fourth-order valence-electron chi connectivity index (χ4n) is 7.84.